The summed E-state index contributed by atoms with van der Waals surface area (Å²) in [6.07, 6.45) is 5.53. The van der Waals surface area contributed by atoms with Gasteiger partial charge in [0.15, 0.2) is 0 Å². The largest absolute Gasteiger partial charge is 0.373 e. The van der Waals surface area contributed by atoms with Crippen LogP contribution in [0.1, 0.15) is 38.2 Å². The molecule has 1 aromatic carbocycles. The monoisotopic (exact) mass is 316 g/mol. The molecule has 1 aromatic rings. The third-order valence-corrected chi connectivity index (χ3v) is 4.35. The van der Waals surface area contributed by atoms with E-state index in [1.807, 2.05) is 18.2 Å². The van der Waals surface area contributed by atoms with Gasteiger partial charge in [-0.1, -0.05) is 53.4 Å². The number of halogens is 2. The van der Waals surface area contributed by atoms with Crippen LogP contribution < -0.4 is 0 Å². The molecular weight excluding hydrogens is 300 g/mol. The summed E-state index contributed by atoms with van der Waals surface area (Å²) in [7, 11) is 0. The van der Waals surface area contributed by atoms with Crippen molar-refractivity contribution in [2.45, 2.75) is 45.3 Å². The van der Waals surface area contributed by atoms with Crippen LogP contribution in [0.4, 0.5) is 0 Å². The van der Waals surface area contributed by atoms with E-state index in [4.69, 9.17) is 16.3 Å². The van der Waals surface area contributed by atoms with E-state index in [0.717, 1.165) is 15.1 Å². The average molecular weight is 318 g/mol. The molecule has 0 aliphatic heterocycles. The second kappa shape index (κ2) is 6.21. The summed E-state index contributed by atoms with van der Waals surface area (Å²) in [5, 5.41) is 0.780. The number of ether oxygens (including phenoxy) is 1. The molecule has 1 aliphatic rings. The fraction of sp³-hybridized carbons (Fsp3) is 0.571. The van der Waals surface area contributed by atoms with Crippen molar-refractivity contribution in [2.75, 3.05) is 0 Å². The average Bonchev–Trinajstić information content (AvgIpc) is 2.30. The van der Waals surface area contributed by atoms with Gasteiger partial charge in [-0.3, -0.25) is 0 Å². The van der Waals surface area contributed by atoms with E-state index in [9.17, 15) is 0 Å². The summed E-state index contributed by atoms with van der Waals surface area (Å²) >= 11 is 9.58. The number of rotatable bonds is 3. The second-order valence-corrected chi connectivity index (χ2v) is 6.17. The van der Waals surface area contributed by atoms with Crippen molar-refractivity contribution in [3.63, 3.8) is 0 Å². The highest BCUT2D eigenvalue weighted by molar-refractivity contribution is 9.10. The molecule has 3 heteroatoms. The smallest absolute Gasteiger partial charge is 0.0735 e. The van der Waals surface area contributed by atoms with Crippen molar-refractivity contribution in [1.29, 1.82) is 0 Å². The Bertz CT molecular complexity index is 380. The summed E-state index contributed by atoms with van der Waals surface area (Å²) in [5.74, 6) is 0.679. The molecule has 0 saturated heterocycles. The molecule has 0 spiro atoms. The van der Waals surface area contributed by atoms with Gasteiger partial charge >= 0.3 is 0 Å². The van der Waals surface area contributed by atoms with Crippen molar-refractivity contribution >= 4 is 27.5 Å². The maximum Gasteiger partial charge on any atom is 0.0735 e. The van der Waals surface area contributed by atoms with Gasteiger partial charge in [-0.15, -0.1) is 0 Å². The summed E-state index contributed by atoms with van der Waals surface area (Å²) in [4.78, 5) is 0. The molecule has 0 heterocycles. The van der Waals surface area contributed by atoms with Gasteiger partial charge in [0.2, 0.25) is 0 Å². The zero-order valence-electron chi connectivity index (χ0n) is 10.1. The van der Waals surface area contributed by atoms with Crippen LogP contribution in [0.5, 0.6) is 0 Å². The Balaban J connectivity index is 1.92. The first-order valence-electron chi connectivity index (χ1n) is 6.22. The molecule has 0 bridgehead atoms. The first-order valence-corrected chi connectivity index (χ1v) is 7.39. The molecular formula is C14H18BrClO. The SMILES string of the molecule is CC1CCCCC1OCc1ccc(Br)cc1Cl. The van der Waals surface area contributed by atoms with Crippen LogP contribution in [0.3, 0.4) is 0 Å². The van der Waals surface area contributed by atoms with E-state index in [2.05, 4.69) is 22.9 Å². The molecule has 1 fully saturated rings. The topological polar surface area (TPSA) is 9.23 Å². The Morgan fingerprint density at radius 2 is 2.12 bits per heavy atom. The number of hydrogen-bond acceptors (Lipinski definition) is 1. The highest BCUT2D eigenvalue weighted by Crippen LogP contribution is 2.28. The van der Waals surface area contributed by atoms with Gasteiger partial charge in [0.05, 0.1) is 12.7 Å². The highest BCUT2D eigenvalue weighted by Gasteiger charge is 2.21. The van der Waals surface area contributed by atoms with Gasteiger partial charge in [0.1, 0.15) is 0 Å². The molecule has 0 radical (unpaired) electrons. The van der Waals surface area contributed by atoms with Crippen molar-refractivity contribution in [3.05, 3.63) is 33.3 Å². The Morgan fingerprint density at radius 3 is 2.82 bits per heavy atom. The second-order valence-electron chi connectivity index (χ2n) is 4.85. The van der Waals surface area contributed by atoms with Crippen LogP contribution in [0.25, 0.3) is 0 Å². The lowest BCUT2D eigenvalue weighted by Gasteiger charge is -2.28. The fourth-order valence-electron chi connectivity index (χ4n) is 2.37. The molecule has 0 aromatic heterocycles. The van der Waals surface area contributed by atoms with E-state index in [1.54, 1.807) is 0 Å². The van der Waals surface area contributed by atoms with Gasteiger partial charge < -0.3 is 4.74 Å². The maximum absolute atomic E-state index is 6.17. The van der Waals surface area contributed by atoms with Crippen molar-refractivity contribution in [3.8, 4) is 0 Å². The van der Waals surface area contributed by atoms with E-state index in [0.29, 0.717) is 18.6 Å². The van der Waals surface area contributed by atoms with Crippen molar-refractivity contribution in [1.82, 2.24) is 0 Å². The van der Waals surface area contributed by atoms with E-state index < -0.39 is 0 Å². The minimum absolute atomic E-state index is 0.406. The Kier molecular flexibility index (Phi) is 4.89. The molecule has 1 aliphatic carbocycles. The quantitative estimate of drug-likeness (QED) is 0.744. The normalized spacial score (nSPS) is 24.9. The lowest BCUT2D eigenvalue weighted by Crippen LogP contribution is -2.25. The van der Waals surface area contributed by atoms with Crippen LogP contribution in [-0.2, 0) is 11.3 Å². The zero-order valence-corrected chi connectivity index (χ0v) is 12.4. The molecule has 2 rings (SSSR count). The number of hydrogen-bond donors (Lipinski definition) is 0. The van der Waals surface area contributed by atoms with Crippen molar-refractivity contribution < 1.29 is 4.74 Å². The first-order chi connectivity index (χ1) is 8.16. The van der Waals surface area contributed by atoms with Crippen LogP contribution in [-0.4, -0.2) is 6.10 Å². The lowest BCUT2D eigenvalue weighted by atomic mass is 9.88. The molecule has 0 amide bonds. The molecule has 2 atom stereocenters. The van der Waals surface area contributed by atoms with Gasteiger partial charge in [-0.25, -0.2) is 0 Å². The molecule has 17 heavy (non-hydrogen) atoms. The number of benzene rings is 1. The van der Waals surface area contributed by atoms with Gasteiger partial charge in [0.25, 0.3) is 0 Å². The van der Waals surface area contributed by atoms with Crippen LogP contribution in [0.2, 0.25) is 5.02 Å². The van der Waals surface area contributed by atoms with E-state index in [-0.39, 0.29) is 0 Å². The fourth-order valence-corrected chi connectivity index (χ4v) is 3.09. The highest BCUT2D eigenvalue weighted by atomic mass is 79.9. The van der Waals surface area contributed by atoms with Gasteiger partial charge in [-0.05, 0) is 36.5 Å². The predicted molar refractivity (Wildman–Crippen MR) is 75.4 cm³/mol. The predicted octanol–water partition coefficient (Wildman–Crippen LogP) is 5.20. The minimum Gasteiger partial charge on any atom is -0.373 e. The zero-order chi connectivity index (χ0) is 12.3. The van der Waals surface area contributed by atoms with Crippen molar-refractivity contribution in [2.24, 2.45) is 5.92 Å². The summed E-state index contributed by atoms with van der Waals surface area (Å²) in [5.41, 5.74) is 1.08. The first kappa shape index (κ1) is 13.4. The molecule has 1 saturated carbocycles. The van der Waals surface area contributed by atoms with E-state index >= 15 is 0 Å². The van der Waals surface area contributed by atoms with Crippen LogP contribution >= 0.6 is 27.5 Å². The molecule has 0 N–H and O–H groups in total. The summed E-state index contributed by atoms with van der Waals surface area (Å²) in [6, 6.07) is 5.96. The third kappa shape index (κ3) is 3.70. The third-order valence-electron chi connectivity index (χ3n) is 3.50. The Labute approximate surface area is 117 Å². The lowest BCUT2D eigenvalue weighted by molar-refractivity contribution is -0.0154. The van der Waals surface area contributed by atoms with E-state index in [1.165, 1.54) is 25.7 Å². The molecule has 1 nitrogen and oxygen atoms in total. The minimum atomic E-state index is 0.406. The molecule has 94 valence electrons. The molecule has 2 unspecified atom stereocenters. The van der Waals surface area contributed by atoms with Crippen LogP contribution in [0, 0.1) is 5.92 Å². The standard InChI is InChI=1S/C14H18BrClO/c1-10-4-2-3-5-14(10)17-9-11-6-7-12(15)8-13(11)16/h6-8,10,14H,2-5,9H2,1H3. The summed E-state index contributed by atoms with van der Waals surface area (Å²) < 4.78 is 7.01. The van der Waals surface area contributed by atoms with Crippen LogP contribution in [0.15, 0.2) is 22.7 Å². The maximum atomic E-state index is 6.17. The summed E-state index contributed by atoms with van der Waals surface area (Å²) in [6.45, 7) is 2.91. The van der Waals surface area contributed by atoms with Gasteiger partial charge in [-0.2, -0.15) is 0 Å². The van der Waals surface area contributed by atoms with Gasteiger partial charge in [0, 0.05) is 9.50 Å². The Morgan fingerprint density at radius 1 is 1.35 bits per heavy atom. The Hall–Kier alpha value is -0.0500.